The molecule has 1 heterocycles. The number of hydrogen-bond acceptors (Lipinski definition) is 3. The van der Waals surface area contributed by atoms with Crippen molar-refractivity contribution in [1.29, 1.82) is 0 Å². The van der Waals surface area contributed by atoms with Crippen LogP contribution in [0.3, 0.4) is 0 Å². The van der Waals surface area contributed by atoms with Crippen LogP contribution in [0.2, 0.25) is 0 Å². The lowest BCUT2D eigenvalue weighted by molar-refractivity contribution is -0.140. The van der Waals surface area contributed by atoms with Crippen LogP contribution in [0.4, 0.5) is 0 Å². The van der Waals surface area contributed by atoms with E-state index >= 15 is 0 Å². The van der Waals surface area contributed by atoms with Gasteiger partial charge in [0.15, 0.2) is 0 Å². The lowest BCUT2D eigenvalue weighted by atomic mass is 10.1. The molecule has 0 aliphatic heterocycles. The molecule has 0 fully saturated rings. The fourth-order valence-electron chi connectivity index (χ4n) is 4.01. The normalized spacial score (nSPS) is 13.0. The van der Waals surface area contributed by atoms with Crippen LogP contribution in [0.1, 0.15) is 23.2 Å². The molecule has 152 valence electrons. The summed E-state index contributed by atoms with van der Waals surface area (Å²) in [4.78, 5) is 24.3. The second-order valence-electron chi connectivity index (χ2n) is 7.16. The molecule has 3 aromatic rings. The Morgan fingerprint density at radius 3 is 2.63 bits per heavy atom. The molecule has 1 N–H and O–H groups in total. The Balaban J connectivity index is 1.69. The van der Waals surface area contributed by atoms with Crippen molar-refractivity contribution >= 4 is 58.0 Å². The van der Waals surface area contributed by atoms with Crippen LogP contribution in [0, 0.1) is 0 Å². The first-order chi connectivity index (χ1) is 14.5. The zero-order valence-corrected chi connectivity index (χ0v) is 17.8. The van der Waals surface area contributed by atoms with Crippen LogP contribution < -0.4 is 0 Å². The Hall–Kier alpha value is -2.90. The van der Waals surface area contributed by atoms with Crippen molar-refractivity contribution in [2.24, 2.45) is 0 Å². The van der Waals surface area contributed by atoms with E-state index < -0.39 is 18.4 Å². The Bertz CT molecular complexity index is 1180. The highest BCUT2D eigenvalue weighted by Gasteiger charge is 2.22. The first kappa shape index (κ1) is 20.4. The zero-order valence-electron chi connectivity index (χ0n) is 16.1. The number of hydrogen-bond donors (Lipinski definition) is 2. The van der Waals surface area contributed by atoms with Crippen LogP contribution in [0.15, 0.2) is 54.6 Å². The standard InChI is InChI=1S/C23H20N2O3S2/c26-21(24(23(29)30)14-22(27)28)12-10-15-9-11-20-18(13-15)17-7-4-8-19(17)25(20)16-5-2-1-3-6-16/h1-3,5-6,9-13H,4,7-8,14H2,(H,27,28)(H,29,30)/b12-10+. The summed E-state index contributed by atoms with van der Waals surface area (Å²) in [6.45, 7) is -0.516. The number of para-hydroxylation sites is 1. The van der Waals surface area contributed by atoms with Crippen molar-refractivity contribution in [3.63, 3.8) is 0 Å². The highest BCUT2D eigenvalue weighted by molar-refractivity contribution is 8.11. The minimum atomic E-state index is -1.15. The highest BCUT2D eigenvalue weighted by Crippen LogP contribution is 2.36. The average Bonchev–Trinajstić information content (AvgIpc) is 3.31. The van der Waals surface area contributed by atoms with Gasteiger partial charge >= 0.3 is 5.97 Å². The van der Waals surface area contributed by atoms with E-state index in [9.17, 15) is 9.59 Å². The predicted octanol–water partition coefficient (Wildman–Crippen LogP) is 4.26. The van der Waals surface area contributed by atoms with Gasteiger partial charge < -0.3 is 9.67 Å². The maximum absolute atomic E-state index is 12.4. The largest absolute Gasteiger partial charge is 0.480 e. The van der Waals surface area contributed by atoms with E-state index in [-0.39, 0.29) is 4.32 Å². The molecule has 7 heteroatoms. The molecule has 0 spiro atoms. The number of aliphatic carboxylic acids is 1. The van der Waals surface area contributed by atoms with E-state index in [1.807, 2.05) is 24.3 Å². The first-order valence-electron chi connectivity index (χ1n) is 9.61. The molecule has 1 aliphatic carbocycles. The van der Waals surface area contributed by atoms with Gasteiger partial charge in [-0.25, -0.2) is 0 Å². The van der Waals surface area contributed by atoms with Crippen molar-refractivity contribution in [3.05, 3.63) is 71.4 Å². The smallest absolute Gasteiger partial charge is 0.323 e. The van der Waals surface area contributed by atoms with Crippen molar-refractivity contribution < 1.29 is 14.7 Å². The van der Waals surface area contributed by atoms with Crippen molar-refractivity contribution in [1.82, 2.24) is 9.47 Å². The number of thiol groups is 1. The first-order valence-corrected chi connectivity index (χ1v) is 10.5. The lowest BCUT2D eigenvalue weighted by Gasteiger charge is -2.15. The number of rotatable bonds is 5. The number of carbonyl (C=O) groups excluding carboxylic acids is 1. The van der Waals surface area contributed by atoms with E-state index in [0.717, 1.165) is 40.9 Å². The van der Waals surface area contributed by atoms with E-state index in [1.165, 1.54) is 22.7 Å². The number of amides is 1. The van der Waals surface area contributed by atoms with E-state index in [4.69, 9.17) is 17.3 Å². The molecule has 1 amide bonds. The minimum absolute atomic E-state index is 0.0692. The van der Waals surface area contributed by atoms with Crippen molar-refractivity contribution in [3.8, 4) is 5.69 Å². The topological polar surface area (TPSA) is 62.5 Å². The second kappa shape index (κ2) is 8.45. The molecule has 0 atom stereocenters. The van der Waals surface area contributed by atoms with E-state index in [2.05, 4.69) is 41.5 Å². The number of carboxylic acids is 1. The minimum Gasteiger partial charge on any atom is -0.480 e. The molecule has 0 unspecified atom stereocenters. The van der Waals surface area contributed by atoms with Gasteiger partial charge in [0.1, 0.15) is 10.9 Å². The number of carboxylic acid groups (broad SMARTS) is 1. The van der Waals surface area contributed by atoms with Crippen LogP contribution in [-0.4, -0.2) is 37.3 Å². The number of aromatic nitrogens is 1. The van der Waals surface area contributed by atoms with Crippen LogP contribution >= 0.6 is 24.8 Å². The highest BCUT2D eigenvalue weighted by atomic mass is 32.1. The molecule has 1 aromatic heterocycles. The SMILES string of the molecule is O=C(O)CN(C(=O)/C=C/c1ccc2c(c1)c1c(n2-c2ccccc2)CCC1)C(=S)S. The number of carbonyl (C=O) groups is 2. The third-order valence-corrected chi connectivity index (χ3v) is 5.73. The maximum atomic E-state index is 12.4. The summed E-state index contributed by atoms with van der Waals surface area (Å²) in [7, 11) is 0. The molecule has 1 aliphatic rings. The maximum Gasteiger partial charge on any atom is 0.323 e. The zero-order chi connectivity index (χ0) is 21.3. The third kappa shape index (κ3) is 3.91. The summed E-state index contributed by atoms with van der Waals surface area (Å²) >= 11 is 8.83. The molecule has 30 heavy (non-hydrogen) atoms. The fourth-order valence-corrected chi connectivity index (χ4v) is 4.33. The van der Waals surface area contributed by atoms with Crippen LogP contribution in [0.5, 0.6) is 0 Å². The van der Waals surface area contributed by atoms with Gasteiger partial charge in [0.2, 0.25) is 0 Å². The molecule has 2 aromatic carbocycles. The summed E-state index contributed by atoms with van der Waals surface area (Å²) in [5.74, 6) is -1.66. The molecule has 5 nitrogen and oxygen atoms in total. The van der Waals surface area contributed by atoms with Crippen LogP contribution in [-0.2, 0) is 22.4 Å². The molecule has 0 bridgehead atoms. The third-order valence-electron chi connectivity index (χ3n) is 5.27. The number of fused-ring (bicyclic) bond motifs is 3. The molecular weight excluding hydrogens is 416 g/mol. The molecular formula is C23H20N2O3S2. The van der Waals surface area contributed by atoms with Gasteiger partial charge in [0, 0.05) is 22.8 Å². The Morgan fingerprint density at radius 2 is 1.93 bits per heavy atom. The van der Waals surface area contributed by atoms with Crippen molar-refractivity contribution in [2.75, 3.05) is 6.54 Å². The molecule has 0 saturated heterocycles. The predicted molar refractivity (Wildman–Crippen MR) is 125 cm³/mol. The molecule has 0 saturated carbocycles. The van der Waals surface area contributed by atoms with Gasteiger partial charge in [0.25, 0.3) is 5.91 Å². The van der Waals surface area contributed by atoms with Gasteiger partial charge in [0.05, 0.1) is 5.52 Å². The summed E-state index contributed by atoms with van der Waals surface area (Å²) < 4.78 is 2.25. The summed E-state index contributed by atoms with van der Waals surface area (Å²) in [6.07, 6.45) is 6.24. The molecule has 0 radical (unpaired) electrons. The number of nitrogens with zero attached hydrogens (tertiary/aromatic N) is 2. The quantitative estimate of drug-likeness (QED) is 0.356. The summed E-state index contributed by atoms with van der Waals surface area (Å²) in [5.41, 5.74) is 5.88. The van der Waals surface area contributed by atoms with Gasteiger partial charge in [-0.05, 0) is 60.7 Å². The summed E-state index contributed by atoms with van der Waals surface area (Å²) in [6, 6.07) is 16.4. The number of thiocarbonyl (C=S) groups is 1. The lowest BCUT2D eigenvalue weighted by Crippen LogP contribution is -2.36. The number of aryl methyl sites for hydroxylation is 1. The van der Waals surface area contributed by atoms with E-state index in [1.54, 1.807) is 6.08 Å². The Kier molecular flexibility index (Phi) is 5.74. The van der Waals surface area contributed by atoms with E-state index in [0.29, 0.717) is 0 Å². The monoisotopic (exact) mass is 436 g/mol. The van der Waals surface area contributed by atoms with Crippen molar-refractivity contribution in [2.45, 2.75) is 19.3 Å². The Morgan fingerprint density at radius 1 is 1.17 bits per heavy atom. The summed E-state index contributed by atoms with van der Waals surface area (Å²) in [5, 5.41) is 10.1. The van der Waals surface area contributed by atoms with Gasteiger partial charge in [-0.3, -0.25) is 14.5 Å². The molecule has 4 rings (SSSR count). The average molecular weight is 437 g/mol. The second-order valence-corrected chi connectivity index (χ2v) is 8.27. The Labute approximate surface area is 185 Å². The fraction of sp³-hybridized carbons (Fsp3) is 0.174. The van der Waals surface area contributed by atoms with Gasteiger partial charge in [-0.2, -0.15) is 0 Å². The number of benzene rings is 2. The van der Waals surface area contributed by atoms with Crippen LogP contribution in [0.25, 0.3) is 22.7 Å². The van der Waals surface area contributed by atoms with Gasteiger partial charge in [-0.15, -0.1) is 12.6 Å². The van der Waals surface area contributed by atoms with Gasteiger partial charge in [-0.1, -0.05) is 36.5 Å².